The summed E-state index contributed by atoms with van der Waals surface area (Å²) in [5.41, 5.74) is 1.50. The predicted octanol–water partition coefficient (Wildman–Crippen LogP) is 2.37. The van der Waals surface area contributed by atoms with Gasteiger partial charge in [0.2, 0.25) is 5.91 Å². The molecule has 2 N–H and O–H groups in total. The van der Waals surface area contributed by atoms with E-state index in [-0.39, 0.29) is 5.91 Å². The quantitative estimate of drug-likeness (QED) is 0.850. The highest BCUT2D eigenvalue weighted by molar-refractivity contribution is 6.01. The average molecular weight is 232 g/mol. The maximum Gasteiger partial charge on any atom is 0.238 e. The van der Waals surface area contributed by atoms with Crippen LogP contribution in [0.1, 0.15) is 13.8 Å². The van der Waals surface area contributed by atoms with Crippen molar-refractivity contribution in [2.24, 2.45) is 0 Å². The third kappa shape index (κ3) is 2.85. The summed E-state index contributed by atoms with van der Waals surface area (Å²) in [4.78, 5) is 11.6. The fraction of sp³-hybridized carbons (Fsp3) is 0.308. The highest BCUT2D eigenvalue weighted by atomic mass is 16.3. The highest BCUT2D eigenvalue weighted by Crippen LogP contribution is 2.24. The number of amides is 1. The van der Waals surface area contributed by atoms with Gasteiger partial charge >= 0.3 is 0 Å². The Morgan fingerprint density at radius 2 is 2.12 bits per heavy atom. The first-order valence-electron chi connectivity index (χ1n) is 5.66. The summed E-state index contributed by atoms with van der Waals surface area (Å²) in [7, 11) is 0. The molecule has 2 rings (SSSR count). The zero-order chi connectivity index (χ0) is 12.3. The van der Waals surface area contributed by atoms with Crippen molar-refractivity contribution in [3.8, 4) is 0 Å². The number of hydrogen-bond acceptors (Lipinski definition) is 3. The predicted molar refractivity (Wildman–Crippen MR) is 68.0 cm³/mol. The zero-order valence-electron chi connectivity index (χ0n) is 9.99. The van der Waals surface area contributed by atoms with Crippen molar-refractivity contribution in [2.45, 2.75) is 19.9 Å². The average Bonchev–Trinajstić information content (AvgIpc) is 2.70. The smallest absolute Gasteiger partial charge is 0.238 e. The van der Waals surface area contributed by atoms with Gasteiger partial charge in [0.15, 0.2) is 0 Å². The molecule has 4 nitrogen and oxygen atoms in total. The third-order valence-corrected chi connectivity index (χ3v) is 2.43. The molecule has 0 fully saturated rings. The van der Waals surface area contributed by atoms with E-state index >= 15 is 0 Å². The Hall–Kier alpha value is -1.81. The molecule has 1 aromatic heterocycles. The number of carbonyl (C=O) groups is 1. The van der Waals surface area contributed by atoms with Crippen molar-refractivity contribution in [3.05, 3.63) is 30.5 Å². The Kier molecular flexibility index (Phi) is 3.44. The molecule has 0 radical (unpaired) electrons. The molecule has 1 amide bonds. The summed E-state index contributed by atoms with van der Waals surface area (Å²) in [6, 6.07) is 7.90. The molecule has 4 heteroatoms. The van der Waals surface area contributed by atoms with E-state index in [4.69, 9.17) is 4.42 Å². The van der Waals surface area contributed by atoms with E-state index in [0.717, 1.165) is 16.7 Å². The minimum atomic E-state index is -0.0646. The van der Waals surface area contributed by atoms with Crippen molar-refractivity contribution in [1.82, 2.24) is 5.32 Å². The van der Waals surface area contributed by atoms with Crippen LogP contribution in [0.4, 0.5) is 5.69 Å². The molecular weight excluding hydrogens is 216 g/mol. The van der Waals surface area contributed by atoms with Gasteiger partial charge in [-0.2, -0.15) is 0 Å². The number of carbonyl (C=O) groups excluding carboxylic acids is 1. The van der Waals surface area contributed by atoms with Crippen LogP contribution in [0, 0.1) is 0 Å². The fourth-order valence-electron chi connectivity index (χ4n) is 1.57. The van der Waals surface area contributed by atoms with Crippen LogP contribution in [0.3, 0.4) is 0 Å². The molecule has 0 aliphatic rings. The molecule has 0 aliphatic carbocycles. The molecule has 0 atom stereocenters. The van der Waals surface area contributed by atoms with Gasteiger partial charge in [-0.25, -0.2) is 0 Å². The second kappa shape index (κ2) is 5.01. The summed E-state index contributed by atoms with van der Waals surface area (Å²) < 4.78 is 5.34. The van der Waals surface area contributed by atoms with Gasteiger partial charge in [0.05, 0.1) is 12.2 Å². The molecule has 1 heterocycles. The largest absolute Gasteiger partial charge is 0.462 e. The number of hydrogen-bond donors (Lipinski definition) is 2. The van der Waals surface area contributed by atoms with Crippen LogP contribution in [0.25, 0.3) is 11.0 Å². The molecule has 2 aromatic rings. The SMILES string of the molecule is CC(C)NCC(=O)Nc1coc2ccccc12. The lowest BCUT2D eigenvalue weighted by Gasteiger charge is -2.07. The van der Waals surface area contributed by atoms with Crippen LogP contribution in [0.2, 0.25) is 0 Å². The first-order valence-corrected chi connectivity index (χ1v) is 5.66. The number of benzene rings is 1. The van der Waals surface area contributed by atoms with Gasteiger partial charge in [0.25, 0.3) is 0 Å². The molecule has 0 saturated carbocycles. The Morgan fingerprint density at radius 1 is 1.35 bits per heavy atom. The molecule has 1 aromatic carbocycles. The van der Waals surface area contributed by atoms with Gasteiger partial charge in [-0.1, -0.05) is 26.0 Å². The lowest BCUT2D eigenvalue weighted by Crippen LogP contribution is -2.32. The zero-order valence-corrected chi connectivity index (χ0v) is 9.99. The number of fused-ring (bicyclic) bond motifs is 1. The molecule has 0 aliphatic heterocycles. The lowest BCUT2D eigenvalue weighted by atomic mass is 10.2. The van der Waals surface area contributed by atoms with Crippen molar-refractivity contribution in [2.75, 3.05) is 11.9 Å². The summed E-state index contributed by atoms with van der Waals surface area (Å²) in [6.45, 7) is 4.30. The van der Waals surface area contributed by atoms with E-state index in [2.05, 4.69) is 10.6 Å². The maximum absolute atomic E-state index is 11.6. The standard InChI is InChI=1S/C13H16N2O2/c1-9(2)14-7-13(16)15-11-8-17-12-6-4-3-5-10(11)12/h3-6,8-9,14H,7H2,1-2H3,(H,15,16). The van der Waals surface area contributed by atoms with E-state index in [1.807, 2.05) is 38.1 Å². The minimum absolute atomic E-state index is 0.0646. The molecule has 0 saturated heterocycles. The van der Waals surface area contributed by atoms with Gasteiger partial charge < -0.3 is 15.1 Å². The minimum Gasteiger partial charge on any atom is -0.462 e. The lowest BCUT2D eigenvalue weighted by molar-refractivity contribution is -0.115. The van der Waals surface area contributed by atoms with Crippen LogP contribution in [0.5, 0.6) is 0 Å². The Bertz CT molecular complexity index is 517. The Labute approximate surface area is 100.0 Å². The van der Waals surface area contributed by atoms with Gasteiger partial charge in [-0.3, -0.25) is 4.79 Å². The van der Waals surface area contributed by atoms with E-state index in [0.29, 0.717) is 12.6 Å². The van der Waals surface area contributed by atoms with Crippen LogP contribution in [-0.4, -0.2) is 18.5 Å². The van der Waals surface area contributed by atoms with Crippen molar-refractivity contribution in [1.29, 1.82) is 0 Å². The van der Waals surface area contributed by atoms with Gasteiger partial charge in [0.1, 0.15) is 11.8 Å². The van der Waals surface area contributed by atoms with E-state index in [1.165, 1.54) is 0 Å². The number of nitrogens with one attached hydrogen (secondary N) is 2. The highest BCUT2D eigenvalue weighted by Gasteiger charge is 2.08. The second-order valence-corrected chi connectivity index (χ2v) is 4.23. The topological polar surface area (TPSA) is 54.3 Å². The second-order valence-electron chi connectivity index (χ2n) is 4.23. The molecular formula is C13H16N2O2. The van der Waals surface area contributed by atoms with E-state index in [9.17, 15) is 4.79 Å². The van der Waals surface area contributed by atoms with Gasteiger partial charge in [0, 0.05) is 11.4 Å². The summed E-state index contributed by atoms with van der Waals surface area (Å²) >= 11 is 0. The van der Waals surface area contributed by atoms with Gasteiger partial charge in [-0.05, 0) is 12.1 Å². The first-order chi connectivity index (χ1) is 8.16. The number of rotatable bonds is 4. The summed E-state index contributed by atoms with van der Waals surface area (Å²) in [6.07, 6.45) is 1.57. The molecule has 0 spiro atoms. The summed E-state index contributed by atoms with van der Waals surface area (Å²) in [5, 5.41) is 6.81. The van der Waals surface area contributed by atoms with Crippen molar-refractivity contribution < 1.29 is 9.21 Å². The van der Waals surface area contributed by atoms with Crippen molar-refractivity contribution >= 4 is 22.6 Å². The number of furan rings is 1. The molecule has 17 heavy (non-hydrogen) atoms. The van der Waals surface area contributed by atoms with Crippen LogP contribution in [-0.2, 0) is 4.79 Å². The van der Waals surface area contributed by atoms with Crippen LogP contribution >= 0.6 is 0 Å². The monoisotopic (exact) mass is 232 g/mol. The van der Waals surface area contributed by atoms with E-state index in [1.54, 1.807) is 6.26 Å². The maximum atomic E-state index is 11.6. The first kappa shape index (κ1) is 11.7. The fourth-order valence-corrected chi connectivity index (χ4v) is 1.57. The van der Waals surface area contributed by atoms with Crippen LogP contribution in [0.15, 0.2) is 34.9 Å². The van der Waals surface area contributed by atoms with E-state index < -0.39 is 0 Å². The Morgan fingerprint density at radius 3 is 2.88 bits per heavy atom. The third-order valence-electron chi connectivity index (χ3n) is 2.43. The Balaban J connectivity index is 2.06. The van der Waals surface area contributed by atoms with Crippen LogP contribution < -0.4 is 10.6 Å². The van der Waals surface area contributed by atoms with Gasteiger partial charge in [-0.15, -0.1) is 0 Å². The molecule has 0 unspecified atom stereocenters. The molecule has 0 bridgehead atoms. The van der Waals surface area contributed by atoms with Crippen molar-refractivity contribution in [3.63, 3.8) is 0 Å². The normalized spacial score (nSPS) is 11.0. The number of anilines is 1. The molecule has 90 valence electrons. The summed E-state index contributed by atoms with van der Waals surface area (Å²) in [5.74, 6) is -0.0646. The number of para-hydroxylation sites is 1.